The van der Waals surface area contributed by atoms with E-state index in [1.165, 1.54) is 26.4 Å². The number of phenols is 1. The monoisotopic (exact) mass is 652 g/mol. The van der Waals surface area contributed by atoms with E-state index in [0.717, 1.165) is 23.1 Å². The average molecular weight is 653 g/mol. The molecule has 3 aromatic rings. The van der Waals surface area contributed by atoms with E-state index in [1.807, 2.05) is 0 Å². The molecule has 0 aromatic heterocycles. The molecule has 4 atom stereocenters. The molecule has 0 bridgehead atoms. The van der Waals surface area contributed by atoms with Crippen LogP contribution < -0.4 is 24.3 Å². The van der Waals surface area contributed by atoms with Crippen molar-refractivity contribution in [2.75, 3.05) is 27.6 Å². The number of esters is 1. The molecule has 3 heterocycles. The molecule has 2 amide bonds. The number of fused-ring (bicyclic) bond motifs is 3. The van der Waals surface area contributed by atoms with Gasteiger partial charge in [-0.3, -0.25) is 19.3 Å². The van der Waals surface area contributed by atoms with Crippen LogP contribution in [0.1, 0.15) is 39.8 Å². The van der Waals surface area contributed by atoms with E-state index >= 15 is 0 Å². The van der Waals surface area contributed by atoms with Crippen molar-refractivity contribution in [1.82, 2.24) is 10.2 Å². The lowest BCUT2D eigenvalue weighted by atomic mass is 9.65. The summed E-state index contributed by atoms with van der Waals surface area (Å²) >= 11 is 0. The normalized spacial score (nSPS) is 22.9. The van der Waals surface area contributed by atoms with Crippen LogP contribution in [0.5, 0.6) is 28.7 Å². The van der Waals surface area contributed by atoms with Crippen LogP contribution in [-0.2, 0) is 31.8 Å². The molecule has 1 saturated heterocycles. The van der Waals surface area contributed by atoms with Crippen LogP contribution >= 0.6 is 0 Å². The zero-order chi connectivity index (χ0) is 33.2. The predicted octanol–water partition coefficient (Wildman–Crippen LogP) is 4.18. The molecular weight excluding hydrogens is 625 g/mol. The maximum Gasteiger partial charge on any atom is 0.416 e. The van der Waals surface area contributed by atoms with Gasteiger partial charge >= 0.3 is 12.1 Å². The lowest BCUT2D eigenvalue weighted by Gasteiger charge is -2.40. The number of rotatable bonds is 7. The molecule has 2 N–H and O–H groups in total. The van der Waals surface area contributed by atoms with E-state index in [1.54, 1.807) is 24.3 Å². The van der Waals surface area contributed by atoms with Crippen LogP contribution in [0.2, 0.25) is 0 Å². The van der Waals surface area contributed by atoms with Crippen molar-refractivity contribution in [2.45, 2.75) is 24.7 Å². The van der Waals surface area contributed by atoms with Crippen molar-refractivity contribution in [1.29, 1.82) is 0 Å². The number of nitrogens with zero attached hydrogens (tertiary/aromatic N) is 1. The Hall–Kier alpha value is -5.40. The summed E-state index contributed by atoms with van der Waals surface area (Å²) in [5, 5.41) is 13.8. The summed E-state index contributed by atoms with van der Waals surface area (Å²) in [7, 11) is 2.79. The van der Waals surface area contributed by atoms with Crippen molar-refractivity contribution < 1.29 is 56.3 Å². The fourth-order valence-corrected chi connectivity index (χ4v) is 6.75. The molecule has 14 heteroatoms. The third kappa shape index (κ3) is 5.04. The van der Waals surface area contributed by atoms with E-state index in [2.05, 4.69) is 5.32 Å². The molecule has 1 aliphatic carbocycles. The van der Waals surface area contributed by atoms with Gasteiger partial charge in [0.05, 0.1) is 44.9 Å². The summed E-state index contributed by atoms with van der Waals surface area (Å²) in [6.45, 7) is -0.256. The lowest BCUT2D eigenvalue weighted by Crippen LogP contribution is -2.42. The molecule has 7 rings (SSSR count). The number of amides is 2. The van der Waals surface area contributed by atoms with Gasteiger partial charge in [0.2, 0.25) is 12.5 Å². The van der Waals surface area contributed by atoms with E-state index in [0.29, 0.717) is 33.8 Å². The number of halogens is 3. The quantitative estimate of drug-likeness (QED) is 0.283. The van der Waals surface area contributed by atoms with Crippen LogP contribution in [0.15, 0.2) is 60.3 Å². The number of phenolic OH excluding ortho intramolecular Hbond substituents is 1. The minimum atomic E-state index is -4.52. The molecule has 47 heavy (non-hydrogen) atoms. The molecule has 0 unspecified atom stereocenters. The largest absolute Gasteiger partial charge is 0.502 e. The number of methoxy groups -OCH3 is 2. The number of carbonyl (C=O) groups excluding carboxylic acids is 3. The predicted molar refractivity (Wildman–Crippen MR) is 155 cm³/mol. The Bertz CT molecular complexity index is 1810. The van der Waals surface area contributed by atoms with Gasteiger partial charge in [-0.2, -0.15) is 13.2 Å². The standard InChI is InChI=1S/C33H27F3N2O9/c1-43-24-7-16(8-25(44-2)30(24)40)27-18-9-22-23(47-14-46-22)10-19(18)29(20-13-45-32(42)28(20)27)37-21-11-26(39)38(31(21)41)12-15-3-5-17(6-4-15)33(34,35)36/h3-11,20,27-29,37,40H,12-14H2,1-2H3/t20-,27+,28-,29+/m0/s1. The zero-order valence-electron chi connectivity index (χ0n) is 24.9. The van der Waals surface area contributed by atoms with Gasteiger partial charge in [-0.1, -0.05) is 12.1 Å². The molecule has 244 valence electrons. The smallest absolute Gasteiger partial charge is 0.416 e. The fourth-order valence-electron chi connectivity index (χ4n) is 6.75. The summed E-state index contributed by atoms with van der Waals surface area (Å²) in [5.74, 6) is -2.74. The maximum absolute atomic E-state index is 13.5. The fraction of sp³-hybridized carbons (Fsp3) is 0.303. The Balaban J connectivity index is 1.25. The lowest BCUT2D eigenvalue weighted by molar-refractivity contribution is -0.142. The second-order valence-electron chi connectivity index (χ2n) is 11.5. The van der Waals surface area contributed by atoms with Gasteiger partial charge in [0, 0.05) is 17.9 Å². The van der Waals surface area contributed by atoms with Crippen LogP contribution in [0.4, 0.5) is 13.2 Å². The van der Waals surface area contributed by atoms with Crippen molar-refractivity contribution in [3.05, 3.63) is 88.1 Å². The summed E-state index contributed by atoms with van der Waals surface area (Å²) < 4.78 is 66.8. The van der Waals surface area contributed by atoms with Gasteiger partial charge in [-0.05, 0) is 58.7 Å². The molecule has 3 aliphatic heterocycles. The van der Waals surface area contributed by atoms with E-state index in [4.69, 9.17) is 23.7 Å². The van der Waals surface area contributed by atoms with Gasteiger partial charge in [-0.15, -0.1) is 0 Å². The summed E-state index contributed by atoms with van der Waals surface area (Å²) in [6.07, 6.45) is -3.39. The number of ether oxygens (including phenoxy) is 5. The Kier molecular flexibility index (Phi) is 7.17. The highest BCUT2D eigenvalue weighted by Crippen LogP contribution is 2.55. The minimum absolute atomic E-state index is 0.00257. The Morgan fingerprint density at radius 1 is 0.936 bits per heavy atom. The molecule has 4 aliphatic rings. The molecule has 3 aromatic carbocycles. The molecule has 0 radical (unpaired) electrons. The number of nitrogens with one attached hydrogen (secondary N) is 1. The van der Waals surface area contributed by atoms with Gasteiger partial charge in [0.25, 0.3) is 11.8 Å². The van der Waals surface area contributed by atoms with E-state index in [9.17, 15) is 32.7 Å². The van der Waals surface area contributed by atoms with Gasteiger partial charge in [0.1, 0.15) is 5.70 Å². The van der Waals surface area contributed by atoms with Crippen LogP contribution in [0.25, 0.3) is 0 Å². The van der Waals surface area contributed by atoms with Crippen molar-refractivity contribution in [3.8, 4) is 28.7 Å². The number of hydrogen-bond donors (Lipinski definition) is 2. The van der Waals surface area contributed by atoms with Crippen LogP contribution in [0, 0.1) is 11.8 Å². The first-order valence-electron chi connectivity index (χ1n) is 14.5. The second kappa shape index (κ2) is 11.1. The van der Waals surface area contributed by atoms with E-state index < -0.39 is 53.3 Å². The van der Waals surface area contributed by atoms with Crippen molar-refractivity contribution in [2.24, 2.45) is 11.8 Å². The Morgan fingerprint density at radius 3 is 2.19 bits per heavy atom. The summed E-state index contributed by atoms with van der Waals surface area (Å²) in [4.78, 5) is 40.9. The minimum Gasteiger partial charge on any atom is -0.502 e. The highest BCUT2D eigenvalue weighted by molar-refractivity contribution is 6.15. The summed E-state index contributed by atoms with van der Waals surface area (Å²) in [5.41, 5.74) is 1.36. The Morgan fingerprint density at radius 2 is 1.57 bits per heavy atom. The van der Waals surface area contributed by atoms with Gasteiger partial charge in [0.15, 0.2) is 23.0 Å². The number of imide groups is 1. The average Bonchev–Trinajstić information content (AvgIpc) is 3.74. The van der Waals surface area contributed by atoms with Gasteiger partial charge in [-0.25, -0.2) is 0 Å². The number of benzene rings is 3. The first-order valence-corrected chi connectivity index (χ1v) is 14.5. The van der Waals surface area contributed by atoms with Crippen molar-refractivity contribution >= 4 is 17.8 Å². The number of cyclic esters (lactones) is 1. The molecule has 1 fully saturated rings. The molecule has 11 nitrogen and oxygen atoms in total. The first kappa shape index (κ1) is 30.3. The Labute approximate surface area is 265 Å². The molecular formula is C33H27F3N2O9. The third-order valence-corrected chi connectivity index (χ3v) is 8.99. The highest BCUT2D eigenvalue weighted by Gasteiger charge is 2.53. The number of hydrogen-bond acceptors (Lipinski definition) is 10. The van der Waals surface area contributed by atoms with Crippen LogP contribution in [0.3, 0.4) is 0 Å². The van der Waals surface area contributed by atoms with Crippen LogP contribution in [-0.4, -0.2) is 55.4 Å². The van der Waals surface area contributed by atoms with E-state index in [-0.39, 0.29) is 42.9 Å². The SMILES string of the molecule is COc1cc([C@@H]2c3cc4c(cc3[C@@H](NC3=CC(=O)N(Cc5ccc(C(F)(F)F)cc5)C3=O)[C@H]3COC(=O)[C@H]23)OCO4)cc(OC)c1O. The topological polar surface area (TPSA) is 133 Å². The van der Waals surface area contributed by atoms with Crippen molar-refractivity contribution in [3.63, 3.8) is 0 Å². The number of carbonyl (C=O) groups is 3. The first-order chi connectivity index (χ1) is 22.5. The third-order valence-electron chi connectivity index (χ3n) is 8.99. The zero-order valence-corrected chi connectivity index (χ0v) is 24.9. The molecule has 0 saturated carbocycles. The second-order valence-corrected chi connectivity index (χ2v) is 11.5. The van der Waals surface area contributed by atoms with Gasteiger partial charge < -0.3 is 34.1 Å². The summed E-state index contributed by atoms with van der Waals surface area (Å²) in [6, 6.07) is 10.3. The number of alkyl halides is 3. The molecule has 0 spiro atoms. The number of aromatic hydroxyl groups is 1. The highest BCUT2D eigenvalue weighted by atomic mass is 19.4. The maximum atomic E-state index is 13.5.